The van der Waals surface area contributed by atoms with Crippen molar-refractivity contribution in [1.29, 1.82) is 0 Å². The highest BCUT2D eigenvalue weighted by Gasteiger charge is 2.44. The van der Waals surface area contributed by atoms with E-state index in [9.17, 15) is 4.79 Å². The Kier molecular flexibility index (Phi) is 3.21. The summed E-state index contributed by atoms with van der Waals surface area (Å²) in [5.74, 6) is 0.945. The molecule has 0 aromatic carbocycles. The summed E-state index contributed by atoms with van der Waals surface area (Å²) >= 11 is 0. The minimum absolute atomic E-state index is 0.175. The molecule has 1 amide bonds. The lowest BCUT2D eigenvalue weighted by Crippen LogP contribution is -2.53. The van der Waals surface area contributed by atoms with Crippen molar-refractivity contribution in [3.63, 3.8) is 0 Å². The van der Waals surface area contributed by atoms with E-state index in [1.807, 2.05) is 23.1 Å². The largest absolute Gasteiger partial charge is 0.336 e. The summed E-state index contributed by atoms with van der Waals surface area (Å²) in [5.41, 5.74) is 0.887. The van der Waals surface area contributed by atoms with Crippen molar-refractivity contribution in [2.24, 2.45) is 0 Å². The lowest BCUT2D eigenvalue weighted by atomic mass is 9.96. The molecule has 0 N–H and O–H groups in total. The smallest absolute Gasteiger partial charge is 0.227 e. The third kappa shape index (κ3) is 2.11. The van der Waals surface area contributed by atoms with Gasteiger partial charge in [0.1, 0.15) is 0 Å². The van der Waals surface area contributed by atoms with E-state index in [2.05, 4.69) is 19.9 Å². The average molecular weight is 295 g/mol. The average Bonchev–Trinajstić information content (AvgIpc) is 3.00. The van der Waals surface area contributed by atoms with Crippen LogP contribution in [0.5, 0.6) is 0 Å². The van der Waals surface area contributed by atoms with Crippen LogP contribution in [-0.4, -0.2) is 39.5 Å². The Bertz CT molecular complexity index is 663. The van der Waals surface area contributed by atoms with Crippen molar-refractivity contribution < 1.29 is 4.79 Å². The van der Waals surface area contributed by atoms with Crippen LogP contribution in [0, 0.1) is 0 Å². The molecule has 4 rings (SSSR count). The standard InChI is InChI=1S/C16H17N5O/c22-15-5-4-13-14(21(15)12-3-1-7-17-11-12)6-10-20(13)16-18-8-2-9-19-16/h1-3,7-9,11,13-14H,4-6,10H2/t13-,14-/m1/s1. The fourth-order valence-corrected chi connectivity index (χ4v) is 3.58. The summed E-state index contributed by atoms with van der Waals surface area (Å²) in [6.45, 7) is 0.878. The first kappa shape index (κ1) is 13.2. The minimum Gasteiger partial charge on any atom is -0.336 e. The van der Waals surface area contributed by atoms with Gasteiger partial charge in [-0.1, -0.05) is 0 Å². The molecule has 2 aliphatic rings. The molecule has 0 spiro atoms. The first-order valence-corrected chi connectivity index (χ1v) is 7.60. The second kappa shape index (κ2) is 5.36. The van der Waals surface area contributed by atoms with Crippen LogP contribution in [0.2, 0.25) is 0 Å². The van der Waals surface area contributed by atoms with E-state index in [1.54, 1.807) is 24.8 Å². The predicted molar refractivity (Wildman–Crippen MR) is 82.5 cm³/mol. The fraction of sp³-hybridized carbons (Fsp3) is 0.375. The van der Waals surface area contributed by atoms with Gasteiger partial charge in [-0.25, -0.2) is 9.97 Å². The van der Waals surface area contributed by atoms with E-state index in [-0.39, 0.29) is 18.0 Å². The van der Waals surface area contributed by atoms with Crippen molar-refractivity contribution in [3.05, 3.63) is 43.0 Å². The van der Waals surface area contributed by atoms with E-state index in [0.29, 0.717) is 6.42 Å². The highest BCUT2D eigenvalue weighted by Crippen LogP contribution is 2.35. The molecular weight excluding hydrogens is 278 g/mol. The number of rotatable bonds is 2. The molecule has 0 bridgehead atoms. The molecule has 0 aliphatic carbocycles. The lowest BCUT2D eigenvalue weighted by Gasteiger charge is -2.39. The number of pyridine rings is 1. The van der Waals surface area contributed by atoms with E-state index in [4.69, 9.17) is 0 Å². The van der Waals surface area contributed by atoms with Gasteiger partial charge in [-0.3, -0.25) is 9.78 Å². The topological polar surface area (TPSA) is 62.2 Å². The van der Waals surface area contributed by atoms with Crippen molar-refractivity contribution >= 4 is 17.5 Å². The van der Waals surface area contributed by atoms with Crippen LogP contribution in [0.25, 0.3) is 0 Å². The Labute approximate surface area is 128 Å². The maximum Gasteiger partial charge on any atom is 0.227 e. The van der Waals surface area contributed by atoms with Crippen LogP contribution in [0.15, 0.2) is 43.0 Å². The molecule has 112 valence electrons. The molecule has 2 aromatic heterocycles. The Balaban J connectivity index is 1.65. The van der Waals surface area contributed by atoms with Crippen LogP contribution >= 0.6 is 0 Å². The van der Waals surface area contributed by atoms with Crippen LogP contribution in [0.4, 0.5) is 11.6 Å². The monoisotopic (exact) mass is 295 g/mol. The summed E-state index contributed by atoms with van der Waals surface area (Å²) in [6.07, 6.45) is 9.38. The molecule has 6 heteroatoms. The maximum atomic E-state index is 12.4. The number of carbonyl (C=O) groups excluding carboxylic acids is 1. The lowest BCUT2D eigenvalue weighted by molar-refractivity contribution is -0.120. The maximum absolute atomic E-state index is 12.4. The van der Waals surface area contributed by atoms with Gasteiger partial charge in [0.05, 0.1) is 24.0 Å². The Morgan fingerprint density at radius 2 is 1.91 bits per heavy atom. The van der Waals surface area contributed by atoms with E-state index >= 15 is 0 Å². The highest BCUT2D eigenvalue weighted by atomic mass is 16.2. The quantitative estimate of drug-likeness (QED) is 0.843. The zero-order valence-corrected chi connectivity index (χ0v) is 12.2. The molecule has 0 unspecified atom stereocenters. The first-order valence-electron chi connectivity index (χ1n) is 7.60. The van der Waals surface area contributed by atoms with Gasteiger partial charge in [0.2, 0.25) is 11.9 Å². The van der Waals surface area contributed by atoms with Gasteiger partial charge in [0.15, 0.2) is 0 Å². The number of aromatic nitrogens is 3. The number of hydrogen-bond acceptors (Lipinski definition) is 5. The van der Waals surface area contributed by atoms with Crippen molar-refractivity contribution in [2.45, 2.75) is 31.3 Å². The number of fused-ring (bicyclic) bond motifs is 1. The molecule has 2 saturated heterocycles. The van der Waals surface area contributed by atoms with Crippen molar-refractivity contribution in [2.75, 3.05) is 16.3 Å². The minimum atomic E-state index is 0.175. The number of nitrogens with zero attached hydrogens (tertiary/aromatic N) is 5. The van der Waals surface area contributed by atoms with Gasteiger partial charge in [0, 0.05) is 31.6 Å². The Morgan fingerprint density at radius 3 is 2.68 bits per heavy atom. The molecule has 2 aliphatic heterocycles. The molecule has 2 aromatic rings. The van der Waals surface area contributed by atoms with Gasteiger partial charge >= 0.3 is 0 Å². The summed E-state index contributed by atoms with van der Waals surface area (Å²) in [6, 6.07) is 6.10. The zero-order chi connectivity index (χ0) is 14.9. The number of anilines is 2. The highest BCUT2D eigenvalue weighted by molar-refractivity contribution is 5.95. The molecule has 2 atom stereocenters. The molecule has 22 heavy (non-hydrogen) atoms. The van der Waals surface area contributed by atoms with Gasteiger partial charge in [-0.2, -0.15) is 0 Å². The van der Waals surface area contributed by atoms with E-state index in [1.165, 1.54) is 0 Å². The van der Waals surface area contributed by atoms with Crippen molar-refractivity contribution in [3.8, 4) is 0 Å². The summed E-state index contributed by atoms with van der Waals surface area (Å²) in [4.78, 5) is 29.5. The molecular formula is C16H17N5O. The van der Waals surface area contributed by atoms with Gasteiger partial charge in [-0.15, -0.1) is 0 Å². The van der Waals surface area contributed by atoms with Gasteiger partial charge in [-0.05, 0) is 31.0 Å². The normalized spacial score (nSPS) is 24.5. The SMILES string of the molecule is O=C1CC[C@@H]2[C@@H](CCN2c2ncccn2)N1c1cccnc1. The van der Waals surface area contributed by atoms with E-state index in [0.717, 1.165) is 31.0 Å². The van der Waals surface area contributed by atoms with Gasteiger partial charge < -0.3 is 9.80 Å². The fourth-order valence-electron chi connectivity index (χ4n) is 3.58. The third-order valence-electron chi connectivity index (χ3n) is 4.50. The number of carbonyl (C=O) groups is 1. The molecule has 4 heterocycles. The molecule has 0 saturated carbocycles. The summed E-state index contributed by atoms with van der Waals surface area (Å²) in [5, 5.41) is 0. The van der Waals surface area contributed by atoms with Crippen molar-refractivity contribution in [1.82, 2.24) is 15.0 Å². The zero-order valence-electron chi connectivity index (χ0n) is 12.2. The predicted octanol–water partition coefficient (Wildman–Crippen LogP) is 1.65. The third-order valence-corrected chi connectivity index (χ3v) is 4.50. The molecule has 0 radical (unpaired) electrons. The van der Waals surface area contributed by atoms with Crippen LogP contribution in [0.3, 0.4) is 0 Å². The summed E-state index contributed by atoms with van der Waals surface area (Å²) < 4.78 is 0. The summed E-state index contributed by atoms with van der Waals surface area (Å²) in [7, 11) is 0. The van der Waals surface area contributed by atoms with Gasteiger partial charge in [0.25, 0.3) is 0 Å². The molecule has 2 fully saturated rings. The van der Waals surface area contributed by atoms with Crippen LogP contribution < -0.4 is 9.80 Å². The van der Waals surface area contributed by atoms with Crippen LogP contribution in [-0.2, 0) is 4.79 Å². The van der Waals surface area contributed by atoms with Crippen LogP contribution in [0.1, 0.15) is 19.3 Å². The first-order chi connectivity index (χ1) is 10.8. The van der Waals surface area contributed by atoms with E-state index < -0.39 is 0 Å². The number of piperidine rings is 1. The Hall–Kier alpha value is -2.50. The second-order valence-corrected chi connectivity index (χ2v) is 5.68. The second-order valence-electron chi connectivity index (χ2n) is 5.68. The number of hydrogen-bond donors (Lipinski definition) is 0. The Morgan fingerprint density at radius 1 is 1.05 bits per heavy atom. The number of amides is 1. The molecule has 6 nitrogen and oxygen atoms in total.